The summed E-state index contributed by atoms with van der Waals surface area (Å²) in [5.41, 5.74) is -5.52. The molecule has 0 amide bonds. The van der Waals surface area contributed by atoms with E-state index in [1.165, 1.54) is 0 Å². The van der Waals surface area contributed by atoms with Crippen molar-refractivity contribution in [1.82, 2.24) is 0 Å². The van der Waals surface area contributed by atoms with Gasteiger partial charge in [0.15, 0.2) is 5.75 Å². The van der Waals surface area contributed by atoms with Gasteiger partial charge in [-0.15, -0.1) is 0 Å². The number of esters is 2. The summed E-state index contributed by atoms with van der Waals surface area (Å²) in [6.45, 7) is 0. The van der Waals surface area contributed by atoms with Crippen molar-refractivity contribution >= 4 is 89.8 Å². The second-order valence-corrected chi connectivity index (χ2v) is 14.4. The highest BCUT2D eigenvalue weighted by Gasteiger charge is 2.75. The predicted molar refractivity (Wildman–Crippen MR) is 147 cm³/mol. The highest BCUT2D eigenvalue weighted by atomic mass is 127. The van der Waals surface area contributed by atoms with Gasteiger partial charge in [-0.1, -0.05) is 12.8 Å². The van der Waals surface area contributed by atoms with Crippen molar-refractivity contribution in [1.29, 1.82) is 0 Å². The predicted octanol–water partition coefficient (Wildman–Crippen LogP) is 6.19. The third-order valence-corrected chi connectivity index (χ3v) is 10.0. The molecule has 1 aromatic carbocycles. The molecule has 1 aromatic rings. The Hall–Kier alpha value is -0.160. The van der Waals surface area contributed by atoms with E-state index in [4.69, 9.17) is 4.74 Å². The number of ether oxygens (including phenoxy) is 2. The summed E-state index contributed by atoms with van der Waals surface area (Å²) in [7, 11) is -6.14. The van der Waals surface area contributed by atoms with Crippen LogP contribution in [0.15, 0.2) is 12.1 Å². The molecular formula is C22H20F6I3O7S-. The van der Waals surface area contributed by atoms with Crippen LogP contribution in [0.5, 0.6) is 5.75 Å². The molecule has 4 atom stereocenters. The molecule has 2 fully saturated rings. The van der Waals surface area contributed by atoms with Crippen molar-refractivity contribution < 1.29 is 58.4 Å². The quantitative estimate of drug-likeness (QED) is 0.110. The maximum Gasteiger partial charge on any atom is 0.438 e. The van der Waals surface area contributed by atoms with Gasteiger partial charge in [-0.05, 0) is 117 Å². The third-order valence-electron chi connectivity index (χ3n) is 7.03. The average molecular weight is 923 g/mol. The zero-order valence-electron chi connectivity index (χ0n) is 19.6. The Balaban J connectivity index is 1.88. The van der Waals surface area contributed by atoms with E-state index >= 15 is 0 Å². The number of hydrogen-bond donors (Lipinski definition) is 0. The number of rotatable bonds is 6. The Morgan fingerprint density at radius 1 is 0.846 bits per heavy atom. The van der Waals surface area contributed by atoms with Gasteiger partial charge in [-0.3, -0.25) is 9.59 Å². The highest BCUT2D eigenvalue weighted by molar-refractivity contribution is 14.1. The molecule has 17 heteroatoms. The van der Waals surface area contributed by atoms with Crippen molar-refractivity contribution in [3.8, 4) is 5.75 Å². The molecule has 2 aliphatic carbocycles. The van der Waals surface area contributed by atoms with Crippen LogP contribution < -0.4 is 4.74 Å². The molecule has 39 heavy (non-hydrogen) atoms. The first-order valence-electron chi connectivity index (χ1n) is 11.4. The van der Waals surface area contributed by atoms with Crippen LogP contribution in [0.2, 0.25) is 0 Å². The van der Waals surface area contributed by atoms with E-state index in [-0.39, 0.29) is 19.3 Å². The maximum absolute atomic E-state index is 13.7. The summed E-state index contributed by atoms with van der Waals surface area (Å²) >= 11 is 6.10. The van der Waals surface area contributed by atoms with Crippen LogP contribution in [0.4, 0.5) is 26.3 Å². The first kappa shape index (κ1) is 33.3. The fourth-order valence-corrected chi connectivity index (χ4v) is 10.0. The summed E-state index contributed by atoms with van der Waals surface area (Å²) < 4.78 is 127. The molecule has 7 nitrogen and oxygen atoms in total. The van der Waals surface area contributed by atoms with Gasteiger partial charge in [0.2, 0.25) is 0 Å². The van der Waals surface area contributed by atoms with Crippen LogP contribution in [0, 0.1) is 34.4 Å². The van der Waals surface area contributed by atoms with Crippen molar-refractivity contribution in [2.75, 3.05) is 5.75 Å². The molecule has 0 N–H and O–H groups in total. The largest absolute Gasteiger partial charge is 0.748 e. The zero-order valence-corrected chi connectivity index (χ0v) is 26.9. The lowest BCUT2D eigenvalue weighted by molar-refractivity contribution is -0.362. The van der Waals surface area contributed by atoms with Crippen LogP contribution in [-0.4, -0.2) is 48.6 Å². The minimum absolute atomic E-state index is 0.120. The Morgan fingerprint density at radius 3 is 1.69 bits per heavy atom. The van der Waals surface area contributed by atoms with Gasteiger partial charge >= 0.3 is 29.9 Å². The molecule has 2 saturated carbocycles. The number of carbonyl (C=O) groups is 2. The fraction of sp³-hybridized carbons (Fsp3) is 0.636. The number of benzene rings is 1. The summed E-state index contributed by atoms with van der Waals surface area (Å²) in [5, 5.41) is 0. The van der Waals surface area contributed by atoms with Crippen LogP contribution in [0.3, 0.4) is 0 Å². The molecule has 0 bridgehead atoms. The maximum atomic E-state index is 13.7. The number of carbonyl (C=O) groups excluding carboxylic acids is 2. The van der Waals surface area contributed by atoms with Crippen LogP contribution >= 0.6 is 67.8 Å². The molecule has 0 heterocycles. The second kappa shape index (κ2) is 12.2. The van der Waals surface area contributed by atoms with E-state index in [1.54, 1.807) is 12.1 Å². The van der Waals surface area contributed by atoms with E-state index in [0.717, 1.165) is 3.57 Å². The van der Waals surface area contributed by atoms with E-state index in [2.05, 4.69) is 27.3 Å². The molecule has 0 aliphatic heterocycles. The fourth-order valence-electron chi connectivity index (χ4n) is 5.36. The molecule has 2 aliphatic rings. The standard InChI is InChI=1S/C22H21F6I3O7S/c23-21(24,25)20(22(26,27)28,9-39(34,35)36)38-19(33)14-6-2-3-11-12(14)4-1-5-13(11)18(32)37-17-15(30)7-10(29)8-16(17)31/h7-8,11-14H,1-6,9H2,(H,34,35,36)/p-1. The van der Waals surface area contributed by atoms with Crippen molar-refractivity contribution in [2.45, 2.75) is 56.5 Å². The van der Waals surface area contributed by atoms with E-state index in [0.29, 0.717) is 32.2 Å². The molecule has 3 rings (SSSR count). The molecule has 4 unspecified atom stereocenters. The van der Waals surface area contributed by atoms with Gasteiger partial charge in [-0.25, -0.2) is 8.42 Å². The molecule has 0 aromatic heterocycles. The van der Waals surface area contributed by atoms with Crippen LogP contribution in [0.1, 0.15) is 38.5 Å². The lowest BCUT2D eigenvalue weighted by Crippen LogP contribution is -2.64. The van der Waals surface area contributed by atoms with Gasteiger partial charge in [0.05, 0.1) is 34.8 Å². The van der Waals surface area contributed by atoms with Crippen molar-refractivity contribution in [3.05, 3.63) is 22.8 Å². The lowest BCUT2D eigenvalue weighted by atomic mass is 9.61. The third kappa shape index (κ3) is 7.44. The molecule has 0 radical (unpaired) electrons. The van der Waals surface area contributed by atoms with E-state index < -0.39 is 69.4 Å². The Morgan fingerprint density at radius 2 is 1.28 bits per heavy atom. The highest BCUT2D eigenvalue weighted by Crippen LogP contribution is 2.51. The lowest BCUT2D eigenvalue weighted by Gasteiger charge is -2.45. The average Bonchev–Trinajstić information content (AvgIpc) is 2.77. The summed E-state index contributed by atoms with van der Waals surface area (Å²) in [4.78, 5) is 26.1. The molecule has 0 spiro atoms. The molecule has 0 saturated heterocycles. The number of fused-ring (bicyclic) bond motifs is 1. The Kier molecular flexibility index (Phi) is 10.4. The number of alkyl halides is 6. The van der Waals surface area contributed by atoms with Gasteiger partial charge in [0, 0.05) is 3.57 Å². The first-order valence-corrected chi connectivity index (χ1v) is 16.2. The summed E-state index contributed by atoms with van der Waals surface area (Å²) in [6.07, 6.45) is -11.5. The van der Waals surface area contributed by atoms with Gasteiger partial charge < -0.3 is 14.0 Å². The van der Waals surface area contributed by atoms with Crippen molar-refractivity contribution in [3.63, 3.8) is 0 Å². The smallest absolute Gasteiger partial charge is 0.438 e. The topological polar surface area (TPSA) is 110 Å². The molecular weight excluding hydrogens is 903 g/mol. The second-order valence-electron chi connectivity index (χ2n) is 9.47. The minimum atomic E-state index is -6.44. The van der Waals surface area contributed by atoms with Gasteiger partial charge in [0.25, 0.3) is 0 Å². The van der Waals surface area contributed by atoms with Crippen molar-refractivity contribution in [2.24, 2.45) is 23.7 Å². The normalized spacial score (nSPS) is 24.6. The van der Waals surface area contributed by atoms with Gasteiger partial charge in [0.1, 0.15) is 0 Å². The first-order chi connectivity index (χ1) is 17.8. The van der Waals surface area contributed by atoms with Crippen LogP contribution in [-0.2, 0) is 24.4 Å². The number of halogens is 9. The summed E-state index contributed by atoms with van der Waals surface area (Å²) in [5.74, 6) is -8.83. The Bertz CT molecular complexity index is 1180. The molecule has 220 valence electrons. The SMILES string of the molecule is O=C(Oc1c(I)cc(I)cc1I)C1CCCC2C(C(=O)OC(CS(=O)(=O)[O-])(C(F)(F)F)C(F)(F)F)CCCC12. The zero-order chi connectivity index (χ0) is 29.6. The number of hydrogen-bond acceptors (Lipinski definition) is 7. The van der Waals surface area contributed by atoms with Gasteiger partial charge in [-0.2, -0.15) is 26.3 Å². The monoisotopic (exact) mass is 923 g/mol. The Labute approximate surface area is 260 Å². The van der Waals surface area contributed by atoms with E-state index in [1.807, 2.05) is 45.2 Å². The minimum Gasteiger partial charge on any atom is -0.748 e. The van der Waals surface area contributed by atoms with E-state index in [9.17, 15) is 48.9 Å². The van der Waals surface area contributed by atoms with Crippen LogP contribution in [0.25, 0.3) is 0 Å². The summed E-state index contributed by atoms with van der Waals surface area (Å²) in [6, 6.07) is 3.58.